The zero-order chi connectivity index (χ0) is 19.8. The summed E-state index contributed by atoms with van der Waals surface area (Å²) in [5.74, 6) is -0.616. The van der Waals surface area contributed by atoms with Crippen LogP contribution in [0, 0.1) is 10.1 Å². The number of nitro benzene ring substituents is 1. The summed E-state index contributed by atoms with van der Waals surface area (Å²) in [7, 11) is 0. The van der Waals surface area contributed by atoms with Gasteiger partial charge in [0.1, 0.15) is 5.56 Å². The van der Waals surface area contributed by atoms with Crippen LogP contribution in [0.4, 0.5) is 11.4 Å². The number of carbonyl (C=O) groups is 2. The van der Waals surface area contributed by atoms with Crippen molar-refractivity contribution in [2.45, 2.75) is 26.7 Å². The van der Waals surface area contributed by atoms with E-state index >= 15 is 0 Å². The van der Waals surface area contributed by atoms with E-state index in [4.69, 9.17) is 0 Å². The van der Waals surface area contributed by atoms with Crippen molar-refractivity contribution in [1.29, 1.82) is 0 Å². The Morgan fingerprint density at radius 3 is 2.15 bits per heavy atom. The molecule has 0 fully saturated rings. The molecule has 7 heteroatoms. The molecule has 0 aliphatic rings. The van der Waals surface area contributed by atoms with Crippen LogP contribution in [0.15, 0.2) is 48.5 Å². The van der Waals surface area contributed by atoms with Crippen LogP contribution in [0.5, 0.6) is 0 Å². The van der Waals surface area contributed by atoms with E-state index < -0.39 is 10.8 Å². The Kier molecular flexibility index (Phi) is 7.05. The van der Waals surface area contributed by atoms with Crippen LogP contribution < -0.4 is 5.32 Å². The number of nitrogens with one attached hydrogen (secondary N) is 1. The second-order valence-corrected chi connectivity index (χ2v) is 6.10. The third-order valence-corrected chi connectivity index (χ3v) is 4.01. The third kappa shape index (κ3) is 5.13. The molecular formula is C20H23N3O4. The number of para-hydroxylation sites is 1. The van der Waals surface area contributed by atoms with Gasteiger partial charge in [-0.25, -0.2) is 0 Å². The molecule has 1 N–H and O–H groups in total. The monoisotopic (exact) mass is 369 g/mol. The van der Waals surface area contributed by atoms with Crippen molar-refractivity contribution in [2.75, 3.05) is 18.4 Å². The van der Waals surface area contributed by atoms with E-state index in [0.717, 1.165) is 12.8 Å². The maximum absolute atomic E-state index is 12.6. The van der Waals surface area contributed by atoms with Gasteiger partial charge in [0.05, 0.1) is 4.92 Å². The average molecular weight is 369 g/mol. The van der Waals surface area contributed by atoms with Gasteiger partial charge in [-0.15, -0.1) is 0 Å². The normalized spacial score (nSPS) is 10.3. The van der Waals surface area contributed by atoms with Gasteiger partial charge >= 0.3 is 0 Å². The van der Waals surface area contributed by atoms with Gasteiger partial charge < -0.3 is 10.2 Å². The highest BCUT2D eigenvalue weighted by Gasteiger charge is 2.19. The molecule has 0 radical (unpaired) electrons. The summed E-state index contributed by atoms with van der Waals surface area (Å²) in [4.78, 5) is 37.2. The number of carbonyl (C=O) groups excluding carboxylic acids is 2. The Balaban J connectivity index is 2.13. The maximum Gasteiger partial charge on any atom is 0.282 e. The van der Waals surface area contributed by atoms with Crippen molar-refractivity contribution in [3.05, 3.63) is 69.8 Å². The fraction of sp³-hybridized carbons (Fsp3) is 0.300. The number of nitro groups is 1. The Labute approximate surface area is 158 Å². The summed E-state index contributed by atoms with van der Waals surface area (Å²) >= 11 is 0. The summed E-state index contributed by atoms with van der Waals surface area (Å²) in [5.41, 5.74) is 0.740. The van der Waals surface area contributed by atoms with Crippen LogP contribution in [0.25, 0.3) is 0 Å². The summed E-state index contributed by atoms with van der Waals surface area (Å²) < 4.78 is 0. The van der Waals surface area contributed by atoms with Gasteiger partial charge in [0.15, 0.2) is 0 Å². The second-order valence-electron chi connectivity index (χ2n) is 6.10. The predicted octanol–water partition coefficient (Wildman–Crippen LogP) is 4.11. The van der Waals surface area contributed by atoms with Crippen LogP contribution >= 0.6 is 0 Å². The topological polar surface area (TPSA) is 92.6 Å². The third-order valence-electron chi connectivity index (χ3n) is 4.01. The molecule has 0 saturated heterocycles. The van der Waals surface area contributed by atoms with Gasteiger partial charge in [-0.1, -0.05) is 26.0 Å². The minimum absolute atomic E-state index is 0.0141. The Morgan fingerprint density at radius 1 is 1.00 bits per heavy atom. The second kappa shape index (κ2) is 9.47. The largest absolute Gasteiger partial charge is 0.339 e. The Hall–Kier alpha value is -3.22. The fourth-order valence-corrected chi connectivity index (χ4v) is 2.76. The van der Waals surface area contributed by atoms with Crippen LogP contribution in [-0.2, 0) is 0 Å². The first kappa shape index (κ1) is 20.1. The molecular weight excluding hydrogens is 346 g/mol. The van der Waals surface area contributed by atoms with E-state index in [1.54, 1.807) is 35.2 Å². The number of rotatable bonds is 8. The molecule has 7 nitrogen and oxygen atoms in total. The highest BCUT2D eigenvalue weighted by molar-refractivity contribution is 6.07. The van der Waals surface area contributed by atoms with Crippen LogP contribution in [0.1, 0.15) is 47.4 Å². The van der Waals surface area contributed by atoms with Crippen molar-refractivity contribution in [3.63, 3.8) is 0 Å². The number of nitrogens with zero attached hydrogens (tertiary/aromatic N) is 2. The molecule has 2 aromatic carbocycles. The number of hydrogen-bond donors (Lipinski definition) is 1. The molecule has 142 valence electrons. The quantitative estimate of drug-likeness (QED) is 0.560. The van der Waals surface area contributed by atoms with Crippen LogP contribution in [0.2, 0.25) is 0 Å². The van der Waals surface area contributed by atoms with Gasteiger partial charge in [0, 0.05) is 30.4 Å². The maximum atomic E-state index is 12.6. The van der Waals surface area contributed by atoms with Gasteiger partial charge in [-0.2, -0.15) is 0 Å². The molecule has 2 rings (SSSR count). The molecule has 0 atom stereocenters. The first-order valence-corrected chi connectivity index (χ1v) is 8.92. The van der Waals surface area contributed by atoms with Crippen molar-refractivity contribution in [1.82, 2.24) is 4.90 Å². The van der Waals surface area contributed by atoms with Gasteiger partial charge in [0.2, 0.25) is 0 Å². The van der Waals surface area contributed by atoms with E-state index in [1.807, 2.05) is 13.8 Å². The lowest BCUT2D eigenvalue weighted by molar-refractivity contribution is -0.385. The standard InChI is InChI=1S/C20H23N3O4/c1-3-13-22(14-4-2)20(25)15-9-11-16(12-10-15)21-19(24)17-7-5-6-8-18(17)23(26)27/h5-12H,3-4,13-14H2,1-2H3,(H,21,24). The van der Waals surface area contributed by atoms with Crippen LogP contribution in [0.3, 0.4) is 0 Å². The molecule has 0 spiro atoms. The first-order chi connectivity index (χ1) is 13.0. The molecule has 0 aromatic heterocycles. The SMILES string of the molecule is CCCN(CCC)C(=O)c1ccc(NC(=O)c2ccccc2[N+](=O)[O-])cc1. The van der Waals surface area contributed by atoms with Crippen molar-refractivity contribution < 1.29 is 14.5 Å². The van der Waals surface area contributed by atoms with E-state index in [-0.39, 0.29) is 17.2 Å². The minimum Gasteiger partial charge on any atom is -0.339 e. The number of hydrogen-bond acceptors (Lipinski definition) is 4. The first-order valence-electron chi connectivity index (χ1n) is 8.92. The van der Waals surface area contributed by atoms with Crippen molar-refractivity contribution >= 4 is 23.2 Å². The molecule has 0 heterocycles. The van der Waals surface area contributed by atoms with E-state index in [1.165, 1.54) is 18.2 Å². The fourth-order valence-electron chi connectivity index (χ4n) is 2.76. The lowest BCUT2D eigenvalue weighted by Gasteiger charge is -2.21. The number of benzene rings is 2. The zero-order valence-corrected chi connectivity index (χ0v) is 15.5. The van der Waals surface area contributed by atoms with Crippen molar-refractivity contribution in [3.8, 4) is 0 Å². The van der Waals surface area contributed by atoms with Gasteiger partial charge in [-0.3, -0.25) is 19.7 Å². The highest BCUT2D eigenvalue weighted by atomic mass is 16.6. The Morgan fingerprint density at radius 2 is 1.59 bits per heavy atom. The molecule has 2 aromatic rings. The van der Waals surface area contributed by atoms with E-state index in [9.17, 15) is 19.7 Å². The molecule has 0 bridgehead atoms. The molecule has 0 unspecified atom stereocenters. The lowest BCUT2D eigenvalue weighted by atomic mass is 10.1. The summed E-state index contributed by atoms with van der Waals surface area (Å²) in [5, 5.41) is 13.7. The predicted molar refractivity (Wildman–Crippen MR) is 104 cm³/mol. The van der Waals surface area contributed by atoms with Gasteiger partial charge in [-0.05, 0) is 43.2 Å². The van der Waals surface area contributed by atoms with E-state index in [0.29, 0.717) is 24.3 Å². The summed E-state index contributed by atoms with van der Waals surface area (Å²) in [6.45, 7) is 5.44. The molecule has 0 saturated carbocycles. The zero-order valence-electron chi connectivity index (χ0n) is 15.5. The Bertz CT molecular complexity index is 812. The minimum atomic E-state index is -0.591. The van der Waals surface area contributed by atoms with Crippen molar-refractivity contribution in [2.24, 2.45) is 0 Å². The number of amides is 2. The summed E-state index contributed by atoms with van der Waals surface area (Å²) in [6.07, 6.45) is 1.77. The summed E-state index contributed by atoms with van der Waals surface area (Å²) in [6, 6.07) is 12.3. The van der Waals surface area contributed by atoms with E-state index in [2.05, 4.69) is 5.32 Å². The average Bonchev–Trinajstić information content (AvgIpc) is 2.67. The smallest absolute Gasteiger partial charge is 0.282 e. The molecule has 2 amide bonds. The highest BCUT2D eigenvalue weighted by Crippen LogP contribution is 2.20. The van der Waals surface area contributed by atoms with Gasteiger partial charge in [0.25, 0.3) is 17.5 Å². The molecule has 0 aliphatic heterocycles. The van der Waals surface area contributed by atoms with Crippen LogP contribution in [-0.4, -0.2) is 34.7 Å². The molecule has 0 aliphatic carbocycles. The molecule has 27 heavy (non-hydrogen) atoms. The lowest BCUT2D eigenvalue weighted by Crippen LogP contribution is -2.32. The number of anilines is 1.